The van der Waals surface area contributed by atoms with E-state index in [-0.39, 0.29) is 11.4 Å². The molecule has 160 valence electrons. The van der Waals surface area contributed by atoms with Gasteiger partial charge in [0.25, 0.3) is 15.9 Å². The number of fused-ring (bicyclic) bond motifs is 1. The average Bonchev–Trinajstić information content (AvgIpc) is 2.72. The van der Waals surface area contributed by atoms with Crippen molar-refractivity contribution in [3.05, 3.63) is 22.6 Å². The number of amides is 1. The van der Waals surface area contributed by atoms with Crippen molar-refractivity contribution in [1.29, 1.82) is 0 Å². The first kappa shape index (κ1) is 21.5. The summed E-state index contributed by atoms with van der Waals surface area (Å²) < 4.78 is 38.6. The van der Waals surface area contributed by atoms with E-state index in [4.69, 9.17) is 9.47 Å². The minimum atomic E-state index is -3.97. The van der Waals surface area contributed by atoms with Gasteiger partial charge in [0.05, 0.1) is 19.9 Å². The van der Waals surface area contributed by atoms with Crippen molar-refractivity contribution < 1.29 is 22.7 Å². The van der Waals surface area contributed by atoms with Crippen LogP contribution in [-0.4, -0.2) is 41.6 Å². The molecule has 1 aromatic rings. The van der Waals surface area contributed by atoms with Crippen LogP contribution in [0.3, 0.4) is 0 Å². The molecule has 1 heterocycles. The second kappa shape index (κ2) is 8.65. The minimum Gasteiger partial charge on any atom is -0.493 e. The highest BCUT2D eigenvalue weighted by Gasteiger charge is 2.39. The van der Waals surface area contributed by atoms with Gasteiger partial charge >= 0.3 is 0 Å². The SMILES string of the molecule is CCN1c2cc(OC)c(OC)cc2C(C)=C(C(=O)NCC2CCCCC2)S1(=O)=O. The summed E-state index contributed by atoms with van der Waals surface area (Å²) in [6.07, 6.45) is 5.72. The second-order valence-electron chi connectivity index (χ2n) is 7.56. The summed E-state index contributed by atoms with van der Waals surface area (Å²) in [4.78, 5) is 12.8. The predicted molar refractivity (Wildman–Crippen MR) is 114 cm³/mol. The molecule has 8 heteroatoms. The lowest BCUT2D eigenvalue weighted by Gasteiger charge is -2.32. The van der Waals surface area contributed by atoms with Crippen molar-refractivity contribution in [2.75, 3.05) is 31.6 Å². The summed E-state index contributed by atoms with van der Waals surface area (Å²) in [5.41, 5.74) is 1.57. The first-order valence-electron chi connectivity index (χ1n) is 10.1. The lowest BCUT2D eigenvalue weighted by molar-refractivity contribution is -0.117. The van der Waals surface area contributed by atoms with Gasteiger partial charge in [-0.15, -0.1) is 0 Å². The summed E-state index contributed by atoms with van der Waals surface area (Å²) in [7, 11) is -0.938. The Morgan fingerprint density at radius 2 is 1.76 bits per heavy atom. The van der Waals surface area contributed by atoms with E-state index in [9.17, 15) is 13.2 Å². The number of nitrogens with zero attached hydrogens (tertiary/aromatic N) is 1. The summed E-state index contributed by atoms with van der Waals surface area (Å²) in [5.74, 6) is 0.812. The lowest BCUT2D eigenvalue weighted by Crippen LogP contribution is -2.42. The van der Waals surface area contributed by atoms with Gasteiger partial charge in [-0.2, -0.15) is 0 Å². The number of sulfonamides is 1. The zero-order valence-electron chi connectivity index (χ0n) is 17.6. The van der Waals surface area contributed by atoms with Crippen molar-refractivity contribution in [3.8, 4) is 11.5 Å². The maximum Gasteiger partial charge on any atom is 0.270 e. The lowest BCUT2D eigenvalue weighted by atomic mass is 9.89. The van der Waals surface area contributed by atoms with Gasteiger partial charge in [-0.05, 0) is 44.2 Å². The fourth-order valence-corrected chi connectivity index (χ4v) is 6.04. The molecule has 0 saturated heterocycles. The maximum atomic E-state index is 13.3. The Morgan fingerprint density at radius 3 is 2.34 bits per heavy atom. The van der Waals surface area contributed by atoms with Crippen molar-refractivity contribution in [1.82, 2.24) is 5.32 Å². The van der Waals surface area contributed by atoms with Gasteiger partial charge in [-0.1, -0.05) is 19.3 Å². The largest absolute Gasteiger partial charge is 0.493 e. The number of carbonyl (C=O) groups excluding carboxylic acids is 1. The average molecular weight is 423 g/mol. The quantitative estimate of drug-likeness (QED) is 0.760. The zero-order chi connectivity index (χ0) is 21.2. The third kappa shape index (κ3) is 3.95. The number of methoxy groups -OCH3 is 2. The van der Waals surface area contributed by atoms with E-state index in [1.54, 1.807) is 26.0 Å². The first-order chi connectivity index (χ1) is 13.8. The molecule has 1 fully saturated rings. The van der Waals surface area contributed by atoms with Gasteiger partial charge < -0.3 is 14.8 Å². The molecule has 0 bridgehead atoms. The number of ether oxygens (including phenoxy) is 2. The Bertz CT molecular complexity index is 917. The number of hydrogen-bond donors (Lipinski definition) is 1. The molecule has 1 amide bonds. The smallest absolute Gasteiger partial charge is 0.270 e. The van der Waals surface area contributed by atoms with Crippen LogP contribution in [0.5, 0.6) is 11.5 Å². The van der Waals surface area contributed by atoms with E-state index in [2.05, 4.69) is 5.32 Å². The Balaban J connectivity index is 2.02. The third-order valence-corrected chi connectivity index (χ3v) is 7.88. The molecule has 1 N–H and O–H groups in total. The molecular weight excluding hydrogens is 392 g/mol. The first-order valence-corrected chi connectivity index (χ1v) is 11.6. The van der Waals surface area contributed by atoms with Crippen LogP contribution in [0.2, 0.25) is 0 Å². The summed E-state index contributed by atoms with van der Waals surface area (Å²) in [6, 6.07) is 3.38. The number of anilines is 1. The molecule has 0 atom stereocenters. The third-order valence-electron chi connectivity index (χ3n) is 5.83. The number of carbonyl (C=O) groups is 1. The minimum absolute atomic E-state index is 0.185. The van der Waals surface area contributed by atoms with E-state index < -0.39 is 15.9 Å². The number of hydrogen-bond acceptors (Lipinski definition) is 5. The molecule has 1 saturated carbocycles. The number of nitrogens with one attached hydrogen (secondary N) is 1. The molecule has 29 heavy (non-hydrogen) atoms. The normalized spacial score (nSPS) is 19.0. The number of rotatable bonds is 6. The van der Waals surface area contributed by atoms with Crippen LogP contribution in [0.1, 0.15) is 51.5 Å². The molecule has 1 aromatic carbocycles. The van der Waals surface area contributed by atoms with Gasteiger partial charge in [0.15, 0.2) is 16.4 Å². The molecule has 0 unspecified atom stereocenters. The van der Waals surface area contributed by atoms with Gasteiger partial charge in [0, 0.05) is 24.7 Å². The topological polar surface area (TPSA) is 84.9 Å². The Kier molecular flexibility index (Phi) is 6.41. The molecule has 1 aliphatic carbocycles. The fourth-order valence-electron chi connectivity index (χ4n) is 4.27. The maximum absolute atomic E-state index is 13.3. The van der Waals surface area contributed by atoms with Crippen molar-refractivity contribution in [3.63, 3.8) is 0 Å². The van der Waals surface area contributed by atoms with Crippen LogP contribution < -0.4 is 19.1 Å². The zero-order valence-corrected chi connectivity index (χ0v) is 18.4. The molecule has 7 nitrogen and oxygen atoms in total. The Hall–Kier alpha value is -2.22. The monoisotopic (exact) mass is 422 g/mol. The van der Waals surface area contributed by atoms with Crippen LogP contribution in [0.15, 0.2) is 17.0 Å². The van der Waals surface area contributed by atoms with Gasteiger partial charge in [0.1, 0.15) is 0 Å². The van der Waals surface area contributed by atoms with Gasteiger partial charge in [-0.25, -0.2) is 8.42 Å². The van der Waals surface area contributed by atoms with Gasteiger partial charge in [-0.3, -0.25) is 9.10 Å². The molecule has 1 aliphatic heterocycles. The summed E-state index contributed by atoms with van der Waals surface area (Å²) in [5, 5.41) is 2.88. The van der Waals surface area contributed by atoms with Crippen LogP contribution in [-0.2, 0) is 14.8 Å². The highest BCUT2D eigenvalue weighted by molar-refractivity contribution is 7.97. The van der Waals surface area contributed by atoms with E-state index in [1.165, 1.54) is 37.8 Å². The van der Waals surface area contributed by atoms with Crippen LogP contribution in [0, 0.1) is 5.92 Å². The van der Waals surface area contributed by atoms with E-state index >= 15 is 0 Å². The predicted octanol–water partition coefficient (Wildman–Crippen LogP) is 3.30. The van der Waals surface area contributed by atoms with Gasteiger partial charge in [0.2, 0.25) is 0 Å². The number of benzene rings is 1. The van der Waals surface area contributed by atoms with Crippen LogP contribution in [0.25, 0.3) is 5.57 Å². The second-order valence-corrected chi connectivity index (χ2v) is 9.36. The molecule has 0 radical (unpaired) electrons. The van der Waals surface area contributed by atoms with E-state index in [1.807, 2.05) is 0 Å². The fraction of sp³-hybridized carbons (Fsp3) is 0.571. The van der Waals surface area contributed by atoms with Crippen LogP contribution >= 0.6 is 0 Å². The Labute approximate surface area is 173 Å². The highest BCUT2D eigenvalue weighted by Crippen LogP contribution is 2.44. The van der Waals surface area contributed by atoms with E-state index in [0.29, 0.717) is 40.8 Å². The molecule has 0 spiro atoms. The van der Waals surface area contributed by atoms with Crippen molar-refractivity contribution >= 4 is 27.2 Å². The molecule has 2 aliphatic rings. The molecule has 0 aromatic heterocycles. The van der Waals surface area contributed by atoms with Crippen molar-refractivity contribution in [2.24, 2.45) is 5.92 Å². The van der Waals surface area contributed by atoms with Crippen LogP contribution in [0.4, 0.5) is 5.69 Å². The molecular formula is C21H30N2O5S. The van der Waals surface area contributed by atoms with E-state index in [0.717, 1.165) is 12.8 Å². The standard InChI is InChI=1S/C21H30N2O5S/c1-5-23-17-12-19(28-4)18(27-3)11-16(17)14(2)20(29(23,25)26)21(24)22-13-15-9-7-6-8-10-15/h11-12,15H,5-10,13H2,1-4H3,(H,22,24). The number of allylic oxidation sites excluding steroid dienone is 1. The summed E-state index contributed by atoms with van der Waals surface area (Å²) in [6.45, 7) is 4.13. The Morgan fingerprint density at radius 1 is 1.14 bits per heavy atom. The summed E-state index contributed by atoms with van der Waals surface area (Å²) >= 11 is 0. The van der Waals surface area contributed by atoms with Crippen molar-refractivity contribution in [2.45, 2.75) is 46.0 Å². The molecule has 3 rings (SSSR count). The highest BCUT2D eigenvalue weighted by atomic mass is 32.2.